The largest absolute Gasteiger partial charge is 0.322 e. The molecule has 4 aliphatic rings. The summed E-state index contributed by atoms with van der Waals surface area (Å²) in [6, 6.07) is 6.72. The van der Waals surface area contributed by atoms with E-state index in [9.17, 15) is 14.4 Å². The zero-order valence-electron chi connectivity index (χ0n) is 17.2. The number of fused-ring (bicyclic) bond motifs is 1. The molecule has 160 valence electrons. The van der Waals surface area contributed by atoms with Crippen molar-refractivity contribution in [2.75, 3.05) is 26.2 Å². The maximum atomic E-state index is 12.9. The highest BCUT2D eigenvalue weighted by atomic mass is 16.2. The SMILES string of the molecule is O=C1CCC(N2Cc3ccc(CNC4CCN(C5CNC5)CC4)cc3C2=O)C(=O)N1. The molecule has 1 unspecified atom stereocenters. The van der Waals surface area contributed by atoms with Gasteiger partial charge in [-0.25, -0.2) is 0 Å². The second-order valence-electron chi connectivity index (χ2n) is 8.89. The molecule has 0 bridgehead atoms. The standard InChI is InChI=1S/C22H29N5O3/c28-20-4-3-19(21(29)25-20)27-13-15-2-1-14(9-18(15)22(27)30)10-24-16-5-7-26(8-6-16)17-11-23-12-17/h1-2,9,16-17,19,23-24H,3-8,10-13H2,(H,25,28,29). The van der Waals surface area contributed by atoms with Crippen molar-refractivity contribution >= 4 is 17.7 Å². The van der Waals surface area contributed by atoms with Crippen molar-refractivity contribution in [3.8, 4) is 0 Å². The van der Waals surface area contributed by atoms with Crippen molar-refractivity contribution in [3.05, 3.63) is 34.9 Å². The molecule has 3 N–H and O–H groups in total. The third kappa shape index (κ3) is 3.75. The fourth-order valence-corrected chi connectivity index (χ4v) is 4.97. The lowest BCUT2D eigenvalue weighted by Gasteiger charge is -2.42. The van der Waals surface area contributed by atoms with E-state index in [4.69, 9.17) is 0 Å². The minimum Gasteiger partial charge on any atom is -0.322 e. The highest BCUT2D eigenvalue weighted by Gasteiger charge is 2.39. The number of nitrogens with zero attached hydrogens (tertiary/aromatic N) is 2. The summed E-state index contributed by atoms with van der Waals surface area (Å²) in [7, 11) is 0. The highest BCUT2D eigenvalue weighted by molar-refractivity contribution is 6.05. The van der Waals surface area contributed by atoms with E-state index in [1.807, 2.05) is 12.1 Å². The van der Waals surface area contributed by atoms with E-state index >= 15 is 0 Å². The molecule has 4 aliphatic heterocycles. The minimum atomic E-state index is -0.555. The molecular weight excluding hydrogens is 382 g/mol. The van der Waals surface area contributed by atoms with Crippen LogP contribution in [0.4, 0.5) is 0 Å². The second kappa shape index (κ2) is 8.09. The lowest BCUT2D eigenvalue weighted by atomic mass is 10.0. The van der Waals surface area contributed by atoms with Gasteiger partial charge in [-0.15, -0.1) is 0 Å². The molecule has 5 rings (SSSR count). The zero-order valence-corrected chi connectivity index (χ0v) is 17.2. The molecule has 8 heteroatoms. The van der Waals surface area contributed by atoms with Gasteiger partial charge in [0.2, 0.25) is 11.8 Å². The first kappa shape index (κ1) is 19.7. The van der Waals surface area contributed by atoms with Gasteiger partial charge in [0, 0.05) is 63.3 Å². The van der Waals surface area contributed by atoms with Crippen molar-refractivity contribution in [2.24, 2.45) is 0 Å². The van der Waals surface area contributed by atoms with E-state index in [0.29, 0.717) is 24.6 Å². The summed E-state index contributed by atoms with van der Waals surface area (Å²) in [5, 5.41) is 9.35. The number of imide groups is 1. The predicted molar refractivity (Wildman–Crippen MR) is 111 cm³/mol. The monoisotopic (exact) mass is 411 g/mol. The molecule has 3 saturated heterocycles. The van der Waals surface area contributed by atoms with Crippen LogP contribution in [-0.2, 0) is 22.7 Å². The van der Waals surface area contributed by atoms with Crippen LogP contribution in [0, 0.1) is 0 Å². The summed E-state index contributed by atoms with van der Waals surface area (Å²) in [5.74, 6) is -0.731. The maximum absolute atomic E-state index is 12.9. The van der Waals surface area contributed by atoms with Crippen LogP contribution in [-0.4, -0.2) is 71.8 Å². The Morgan fingerprint density at radius 3 is 2.57 bits per heavy atom. The molecule has 8 nitrogen and oxygen atoms in total. The number of amides is 3. The average Bonchev–Trinajstić information content (AvgIpc) is 3.02. The Balaban J connectivity index is 1.17. The Hall–Kier alpha value is -2.29. The minimum absolute atomic E-state index is 0.108. The first-order valence-electron chi connectivity index (χ1n) is 11.0. The molecule has 30 heavy (non-hydrogen) atoms. The summed E-state index contributed by atoms with van der Waals surface area (Å²) < 4.78 is 0. The van der Waals surface area contributed by atoms with Crippen LogP contribution in [0.2, 0.25) is 0 Å². The first-order valence-corrected chi connectivity index (χ1v) is 11.0. The fourth-order valence-electron chi connectivity index (χ4n) is 4.97. The molecule has 0 radical (unpaired) electrons. The van der Waals surface area contributed by atoms with Gasteiger partial charge >= 0.3 is 0 Å². The third-order valence-electron chi connectivity index (χ3n) is 6.99. The van der Waals surface area contributed by atoms with E-state index in [1.54, 1.807) is 4.90 Å². The Labute approximate surface area is 176 Å². The zero-order chi connectivity index (χ0) is 20.7. The summed E-state index contributed by atoms with van der Waals surface area (Å²) in [5.41, 5.74) is 2.74. The Bertz CT molecular complexity index is 860. The lowest BCUT2D eigenvalue weighted by Crippen LogP contribution is -2.59. The van der Waals surface area contributed by atoms with Gasteiger partial charge in [-0.1, -0.05) is 12.1 Å². The molecule has 0 saturated carbocycles. The number of carbonyl (C=O) groups is 3. The number of hydrogen-bond donors (Lipinski definition) is 3. The third-order valence-corrected chi connectivity index (χ3v) is 6.99. The van der Waals surface area contributed by atoms with Crippen LogP contribution in [0.3, 0.4) is 0 Å². The lowest BCUT2D eigenvalue weighted by molar-refractivity contribution is -0.136. The van der Waals surface area contributed by atoms with Gasteiger partial charge in [0.25, 0.3) is 5.91 Å². The Morgan fingerprint density at radius 2 is 1.87 bits per heavy atom. The van der Waals surface area contributed by atoms with Gasteiger partial charge in [-0.05, 0) is 36.5 Å². The second-order valence-corrected chi connectivity index (χ2v) is 8.89. The van der Waals surface area contributed by atoms with Crippen molar-refractivity contribution in [3.63, 3.8) is 0 Å². The van der Waals surface area contributed by atoms with Crippen LogP contribution < -0.4 is 16.0 Å². The summed E-state index contributed by atoms with van der Waals surface area (Å²) in [6.07, 6.45) is 2.99. The molecule has 0 aromatic heterocycles. The maximum Gasteiger partial charge on any atom is 0.255 e. The molecule has 3 amide bonds. The van der Waals surface area contributed by atoms with Crippen LogP contribution in [0.15, 0.2) is 18.2 Å². The molecule has 1 aromatic rings. The van der Waals surface area contributed by atoms with Gasteiger partial charge in [-0.3, -0.25) is 24.6 Å². The van der Waals surface area contributed by atoms with Gasteiger partial charge in [0.15, 0.2) is 0 Å². The van der Waals surface area contributed by atoms with Crippen LogP contribution in [0.5, 0.6) is 0 Å². The quantitative estimate of drug-likeness (QED) is 0.590. The normalized spacial score (nSPS) is 25.9. The van der Waals surface area contributed by atoms with Crippen molar-refractivity contribution in [1.29, 1.82) is 0 Å². The summed E-state index contributed by atoms with van der Waals surface area (Å²) in [6.45, 7) is 5.71. The number of carbonyl (C=O) groups excluding carboxylic acids is 3. The van der Waals surface area contributed by atoms with Gasteiger partial charge in [0.1, 0.15) is 6.04 Å². The number of hydrogen-bond acceptors (Lipinski definition) is 6. The predicted octanol–water partition coefficient (Wildman–Crippen LogP) is -0.0266. The van der Waals surface area contributed by atoms with Crippen LogP contribution in [0.1, 0.15) is 47.2 Å². The molecule has 1 atom stereocenters. The molecule has 0 spiro atoms. The summed E-state index contributed by atoms with van der Waals surface area (Å²) >= 11 is 0. The number of nitrogens with one attached hydrogen (secondary N) is 3. The highest BCUT2D eigenvalue weighted by Crippen LogP contribution is 2.28. The molecule has 1 aromatic carbocycles. The number of rotatable bonds is 5. The Kier molecular flexibility index (Phi) is 5.30. The van der Waals surface area contributed by atoms with Crippen LogP contribution >= 0.6 is 0 Å². The molecule has 3 fully saturated rings. The van der Waals surface area contributed by atoms with Crippen molar-refractivity contribution in [2.45, 2.75) is 56.9 Å². The van der Waals surface area contributed by atoms with Gasteiger partial charge in [0.05, 0.1) is 0 Å². The molecule has 4 heterocycles. The van der Waals surface area contributed by atoms with E-state index in [0.717, 1.165) is 62.7 Å². The van der Waals surface area contributed by atoms with E-state index in [-0.39, 0.29) is 24.1 Å². The fraction of sp³-hybridized carbons (Fsp3) is 0.591. The van der Waals surface area contributed by atoms with Gasteiger partial charge < -0.3 is 15.5 Å². The molecular formula is C22H29N5O3. The van der Waals surface area contributed by atoms with Gasteiger partial charge in [-0.2, -0.15) is 0 Å². The van der Waals surface area contributed by atoms with Crippen LogP contribution in [0.25, 0.3) is 0 Å². The smallest absolute Gasteiger partial charge is 0.255 e. The summed E-state index contributed by atoms with van der Waals surface area (Å²) in [4.78, 5) is 40.7. The first-order chi connectivity index (χ1) is 14.6. The van der Waals surface area contributed by atoms with Crippen molar-refractivity contribution in [1.82, 2.24) is 25.8 Å². The van der Waals surface area contributed by atoms with Crippen molar-refractivity contribution < 1.29 is 14.4 Å². The van der Waals surface area contributed by atoms with E-state index in [1.165, 1.54) is 0 Å². The number of likely N-dealkylation sites (tertiary alicyclic amines) is 1. The number of piperidine rings is 2. The number of benzene rings is 1. The Morgan fingerprint density at radius 1 is 1.07 bits per heavy atom. The topological polar surface area (TPSA) is 93.8 Å². The van der Waals surface area contributed by atoms with E-state index in [2.05, 4.69) is 26.9 Å². The molecule has 0 aliphatic carbocycles. The average molecular weight is 412 g/mol. The van der Waals surface area contributed by atoms with E-state index < -0.39 is 6.04 Å².